The molecule has 0 spiro atoms. The summed E-state index contributed by atoms with van der Waals surface area (Å²) in [4.78, 5) is 36.4. The minimum atomic E-state index is -1.26. The number of carbonyl (C=O) groups excluding carboxylic acids is 1. The Morgan fingerprint density at radius 1 is 1.11 bits per heavy atom. The molecular formula is C21H21N3O4. The summed E-state index contributed by atoms with van der Waals surface area (Å²) in [5.74, 6) is -1.29. The lowest BCUT2D eigenvalue weighted by atomic mass is 9.99. The number of rotatable bonds is 6. The lowest BCUT2D eigenvalue weighted by molar-refractivity contribution is -0.117. The fraction of sp³-hybridized carbons (Fsp3) is 0.238. The van der Waals surface area contributed by atoms with Crippen LogP contribution in [-0.2, 0) is 11.3 Å². The van der Waals surface area contributed by atoms with E-state index in [2.05, 4.69) is 24.3 Å². The number of nitrogens with zero attached hydrogens (tertiary/aromatic N) is 2. The van der Waals surface area contributed by atoms with Gasteiger partial charge in [0.15, 0.2) is 5.69 Å². The van der Waals surface area contributed by atoms with Gasteiger partial charge in [-0.25, -0.2) is 9.48 Å². The standard InChI is InChI=1S/C21H21N3O4/c1-3-13(2)14-8-10-15(11-9-14)22-18(25)12-24-20(26)17-7-5-4-6-16(17)19(23-24)21(27)28/h4-11,13H,3,12H2,1-2H3,(H,22,25)(H,27,28)/t13-/m1/s1. The first-order valence-corrected chi connectivity index (χ1v) is 9.03. The van der Waals surface area contributed by atoms with E-state index in [1.54, 1.807) is 24.3 Å². The van der Waals surface area contributed by atoms with Crippen LogP contribution in [0.3, 0.4) is 0 Å². The normalized spacial score (nSPS) is 11.9. The molecule has 28 heavy (non-hydrogen) atoms. The van der Waals surface area contributed by atoms with E-state index in [1.165, 1.54) is 17.7 Å². The van der Waals surface area contributed by atoms with Gasteiger partial charge in [0.05, 0.1) is 5.39 Å². The summed E-state index contributed by atoms with van der Waals surface area (Å²) in [5.41, 5.74) is 1.01. The van der Waals surface area contributed by atoms with Crippen LogP contribution in [0.25, 0.3) is 10.8 Å². The molecule has 1 aromatic heterocycles. The van der Waals surface area contributed by atoms with Gasteiger partial charge in [-0.05, 0) is 36.1 Å². The molecule has 2 aromatic carbocycles. The molecule has 1 atom stereocenters. The molecule has 0 radical (unpaired) electrons. The number of fused-ring (bicyclic) bond motifs is 1. The summed E-state index contributed by atoms with van der Waals surface area (Å²) >= 11 is 0. The molecule has 0 bridgehead atoms. The Morgan fingerprint density at radius 2 is 1.75 bits per heavy atom. The van der Waals surface area contributed by atoms with Gasteiger partial charge < -0.3 is 10.4 Å². The first kappa shape index (κ1) is 19.3. The van der Waals surface area contributed by atoms with Crippen molar-refractivity contribution in [2.24, 2.45) is 0 Å². The third kappa shape index (κ3) is 3.93. The van der Waals surface area contributed by atoms with Crippen molar-refractivity contribution in [3.8, 4) is 0 Å². The molecule has 0 unspecified atom stereocenters. The summed E-state index contributed by atoms with van der Waals surface area (Å²) < 4.78 is 0.884. The molecule has 0 aliphatic rings. The second-order valence-corrected chi connectivity index (χ2v) is 6.64. The Bertz CT molecular complexity index is 1090. The third-order valence-corrected chi connectivity index (χ3v) is 4.74. The molecule has 0 aliphatic carbocycles. The Kier molecular flexibility index (Phi) is 5.54. The zero-order valence-corrected chi connectivity index (χ0v) is 15.7. The number of aromatic nitrogens is 2. The smallest absolute Gasteiger partial charge is 0.357 e. The van der Waals surface area contributed by atoms with Crippen LogP contribution in [0.15, 0.2) is 53.3 Å². The maximum atomic E-state index is 12.6. The fourth-order valence-corrected chi connectivity index (χ4v) is 2.97. The minimum absolute atomic E-state index is 0.209. The van der Waals surface area contributed by atoms with Crippen LogP contribution in [0, 0.1) is 0 Å². The van der Waals surface area contributed by atoms with E-state index < -0.39 is 17.4 Å². The van der Waals surface area contributed by atoms with E-state index in [1.807, 2.05) is 12.1 Å². The number of amides is 1. The number of hydrogen-bond donors (Lipinski definition) is 2. The predicted octanol–water partition coefficient (Wildman–Crippen LogP) is 3.25. The number of benzene rings is 2. The number of carboxylic acid groups (broad SMARTS) is 1. The average Bonchev–Trinajstić information content (AvgIpc) is 2.70. The molecule has 7 heteroatoms. The van der Waals surface area contributed by atoms with Gasteiger partial charge in [-0.1, -0.05) is 44.2 Å². The van der Waals surface area contributed by atoms with Gasteiger partial charge >= 0.3 is 5.97 Å². The quantitative estimate of drug-likeness (QED) is 0.685. The van der Waals surface area contributed by atoms with Crippen molar-refractivity contribution in [2.75, 3.05) is 5.32 Å². The van der Waals surface area contributed by atoms with Crippen molar-refractivity contribution in [3.05, 3.63) is 70.1 Å². The first-order valence-electron chi connectivity index (χ1n) is 9.03. The minimum Gasteiger partial charge on any atom is -0.476 e. The highest BCUT2D eigenvalue weighted by Gasteiger charge is 2.17. The van der Waals surface area contributed by atoms with Gasteiger partial charge in [0.2, 0.25) is 5.91 Å². The molecule has 7 nitrogen and oxygen atoms in total. The van der Waals surface area contributed by atoms with Gasteiger partial charge in [-0.15, -0.1) is 0 Å². The SMILES string of the molecule is CC[C@@H](C)c1ccc(NC(=O)Cn2nc(C(=O)O)c3ccccc3c2=O)cc1. The molecular weight excluding hydrogens is 358 g/mol. The Hall–Kier alpha value is -3.48. The highest BCUT2D eigenvalue weighted by molar-refractivity contribution is 6.01. The number of hydrogen-bond acceptors (Lipinski definition) is 4. The molecule has 2 N–H and O–H groups in total. The van der Waals surface area contributed by atoms with E-state index >= 15 is 0 Å². The van der Waals surface area contributed by atoms with E-state index in [-0.39, 0.29) is 23.0 Å². The molecule has 0 aliphatic heterocycles. The molecule has 3 rings (SSSR count). The monoisotopic (exact) mass is 379 g/mol. The molecule has 0 saturated carbocycles. The Balaban J connectivity index is 1.84. The fourth-order valence-electron chi connectivity index (χ4n) is 2.97. The molecule has 0 saturated heterocycles. The second-order valence-electron chi connectivity index (χ2n) is 6.64. The van der Waals surface area contributed by atoms with E-state index in [4.69, 9.17) is 0 Å². The molecule has 144 valence electrons. The van der Waals surface area contributed by atoms with Crippen molar-refractivity contribution < 1.29 is 14.7 Å². The summed E-state index contributed by atoms with van der Waals surface area (Å²) in [6.45, 7) is 3.86. The zero-order valence-electron chi connectivity index (χ0n) is 15.7. The van der Waals surface area contributed by atoms with Gasteiger partial charge in [0.1, 0.15) is 6.54 Å². The van der Waals surface area contributed by atoms with Crippen LogP contribution in [0.5, 0.6) is 0 Å². The number of aromatic carboxylic acids is 1. The van der Waals surface area contributed by atoms with Crippen molar-refractivity contribution in [2.45, 2.75) is 32.7 Å². The van der Waals surface area contributed by atoms with Crippen LogP contribution in [0.2, 0.25) is 0 Å². The summed E-state index contributed by atoms with van der Waals surface area (Å²) in [7, 11) is 0. The highest BCUT2D eigenvalue weighted by Crippen LogP contribution is 2.20. The van der Waals surface area contributed by atoms with Crippen molar-refractivity contribution in [3.63, 3.8) is 0 Å². The Morgan fingerprint density at radius 3 is 2.36 bits per heavy atom. The second kappa shape index (κ2) is 8.04. The van der Waals surface area contributed by atoms with E-state index in [0.29, 0.717) is 11.6 Å². The van der Waals surface area contributed by atoms with E-state index in [9.17, 15) is 19.5 Å². The number of anilines is 1. The maximum absolute atomic E-state index is 12.6. The van der Waals surface area contributed by atoms with Gasteiger partial charge in [0, 0.05) is 11.1 Å². The average molecular weight is 379 g/mol. The maximum Gasteiger partial charge on any atom is 0.357 e. The third-order valence-electron chi connectivity index (χ3n) is 4.74. The highest BCUT2D eigenvalue weighted by atomic mass is 16.4. The van der Waals surface area contributed by atoms with Crippen LogP contribution < -0.4 is 10.9 Å². The lowest BCUT2D eigenvalue weighted by Gasteiger charge is -2.11. The summed E-state index contributed by atoms with van der Waals surface area (Å²) in [5, 5.41) is 16.4. The summed E-state index contributed by atoms with van der Waals surface area (Å²) in [6, 6.07) is 13.8. The van der Waals surface area contributed by atoms with Crippen LogP contribution >= 0.6 is 0 Å². The van der Waals surface area contributed by atoms with Crippen LogP contribution in [0.4, 0.5) is 5.69 Å². The van der Waals surface area contributed by atoms with Crippen molar-refractivity contribution >= 4 is 28.3 Å². The van der Waals surface area contributed by atoms with E-state index in [0.717, 1.165) is 11.1 Å². The van der Waals surface area contributed by atoms with Gasteiger partial charge in [-0.2, -0.15) is 5.10 Å². The van der Waals surface area contributed by atoms with Crippen LogP contribution in [-0.4, -0.2) is 26.8 Å². The molecule has 0 fully saturated rings. The van der Waals surface area contributed by atoms with Crippen molar-refractivity contribution in [1.29, 1.82) is 0 Å². The van der Waals surface area contributed by atoms with Gasteiger partial charge in [-0.3, -0.25) is 9.59 Å². The molecule has 1 heterocycles. The summed E-state index contributed by atoms with van der Waals surface area (Å²) in [6.07, 6.45) is 1.02. The molecule has 1 amide bonds. The largest absolute Gasteiger partial charge is 0.476 e. The number of nitrogens with one attached hydrogen (secondary N) is 1. The van der Waals surface area contributed by atoms with Crippen LogP contribution in [0.1, 0.15) is 42.2 Å². The predicted molar refractivity (Wildman–Crippen MR) is 107 cm³/mol. The zero-order chi connectivity index (χ0) is 20.3. The number of carbonyl (C=O) groups is 2. The molecule has 3 aromatic rings. The van der Waals surface area contributed by atoms with Crippen molar-refractivity contribution in [1.82, 2.24) is 9.78 Å². The van der Waals surface area contributed by atoms with Gasteiger partial charge in [0.25, 0.3) is 5.56 Å². The first-order chi connectivity index (χ1) is 13.4. The lowest BCUT2D eigenvalue weighted by Crippen LogP contribution is -2.31. The Labute approximate surface area is 161 Å². The number of carboxylic acids is 1. The topological polar surface area (TPSA) is 101 Å².